The predicted octanol–water partition coefficient (Wildman–Crippen LogP) is 4.48. The second-order valence-electron chi connectivity index (χ2n) is 5.45. The number of pyridine rings is 1. The molecule has 1 aromatic carbocycles. The van der Waals surface area contributed by atoms with Gasteiger partial charge in [-0.05, 0) is 30.0 Å². The van der Waals surface area contributed by atoms with E-state index < -0.39 is 0 Å². The molecule has 0 saturated heterocycles. The monoisotopic (exact) mass is 263 g/mol. The molecule has 100 valence electrons. The van der Waals surface area contributed by atoms with E-state index >= 15 is 0 Å². The molecule has 3 nitrogen and oxygen atoms in total. The van der Waals surface area contributed by atoms with Gasteiger partial charge in [-0.2, -0.15) is 0 Å². The van der Waals surface area contributed by atoms with Crippen LogP contribution in [0.1, 0.15) is 31.7 Å². The predicted molar refractivity (Wildman–Crippen MR) is 83.3 cm³/mol. The van der Waals surface area contributed by atoms with E-state index in [1.165, 1.54) is 10.9 Å². The van der Waals surface area contributed by atoms with Crippen molar-refractivity contribution >= 4 is 27.7 Å². The van der Waals surface area contributed by atoms with Gasteiger partial charge in [-0.25, -0.2) is 4.98 Å². The molecule has 0 radical (unpaired) electrons. The first-order valence-corrected chi connectivity index (χ1v) is 7.17. The lowest BCUT2D eigenvalue weighted by Gasteiger charge is -2.09. The van der Waals surface area contributed by atoms with Gasteiger partial charge in [0.25, 0.3) is 0 Å². The summed E-state index contributed by atoms with van der Waals surface area (Å²) in [7, 11) is 0. The summed E-state index contributed by atoms with van der Waals surface area (Å²) in [6.45, 7) is 4.48. The Labute approximate surface area is 117 Å². The maximum absolute atomic E-state index is 4.90. The highest BCUT2D eigenvalue weighted by atomic mass is 15.1. The molecule has 3 heteroatoms. The molecule has 0 saturated carbocycles. The molecule has 0 aliphatic carbocycles. The zero-order valence-electron chi connectivity index (χ0n) is 11.7. The lowest BCUT2D eigenvalue weighted by atomic mass is 10.00. The van der Waals surface area contributed by atoms with Crippen LogP contribution in [-0.4, -0.2) is 14.4 Å². The minimum Gasteiger partial charge on any atom is -0.339 e. The van der Waals surface area contributed by atoms with Gasteiger partial charge in [-0.15, -0.1) is 0 Å². The second-order valence-corrected chi connectivity index (χ2v) is 5.45. The summed E-state index contributed by atoms with van der Waals surface area (Å²) in [6, 6.07) is 12.6. The van der Waals surface area contributed by atoms with Crippen LogP contribution in [0.4, 0.5) is 0 Å². The first-order chi connectivity index (χ1) is 9.79. The molecule has 4 rings (SSSR count). The van der Waals surface area contributed by atoms with E-state index in [1.54, 1.807) is 0 Å². The van der Waals surface area contributed by atoms with Gasteiger partial charge in [-0.1, -0.05) is 38.1 Å². The topological polar surface area (TPSA) is 33.1 Å². The number of nitrogens with one attached hydrogen (secondary N) is 1. The SMILES string of the molecule is CCC(C)c1cccn2c1nc1c3ccccc3[nH]c12. The normalized spacial score (nSPS) is 13.5. The Morgan fingerprint density at radius 3 is 2.90 bits per heavy atom. The van der Waals surface area contributed by atoms with Crippen LogP contribution in [0.3, 0.4) is 0 Å². The standard InChI is InChI=1S/C17H17N3/c1-3-11(2)12-8-6-10-20-16(12)19-15-13-7-4-5-9-14(13)18-17(15)20/h4-11,18H,3H2,1-2H3. The molecule has 0 spiro atoms. The Balaban J connectivity index is 2.14. The van der Waals surface area contributed by atoms with Crippen molar-refractivity contribution < 1.29 is 0 Å². The summed E-state index contributed by atoms with van der Waals surface area (Å²) in [5.41, 5.74) is 5.70. The number of nitrogens with zero attached hydrogens (tertiary/aromatic N) is 2. The molecule has 0 aliphatic heterocycles. The van der Waals surface area contributed by atoms with Gasteiger partial charge < -0.3 is 4.98 Å². The number of rotatable bonds is 2. The zero-order chi connectivity index (χ0) is 13.7. The first-order valence-electron chi connectivity index (χ1n) is 7.17. The number of hydrogen-bond donors (Lipinski definition) is 1. The van der Waals surface area contributed by atoms with Crippen molar-refractivity contribution in [3.8, 4) is 0 Å². The maximum atomic E-state index is 4.90. The van der Waals surface area contributed by atoms with Crippen LogP contribution < -0.4 is 0 Å². The van der Waals surface area contributed by atoms with E-state index in [9.17, 15) is 0 Å². The minimum absolute atomic E-state index is 0.525. The molecule has 1 atom stereocenters. The highest BCUT2D eigenvalue weighted by molar-refractivity contribution is 6.05. The maximum Gasteiger partial charge on any atom is 0.143 e. The van der Waals surface area contributed by atoms with Gasteiger partial charge in [0.15, 0.2) is 0 Å². The van der Waals surface area contributed by atoms with Gasteiger partial charge in [0, 0.05) is 17.1 Å². The minimum atomic E-state index is 0.525. The summed E-state index contributed by atoms with van der Waals surface area (Å²) in [5.74, 6) is 0.525. The van der Waals surface area contributed by atoms with Crippen molar-refractivity contribution in [3.05, 3.63) is 48.2 Å². The molecular weight excluding hydrogens is 246 g/mol. The van der Waals surface area contributed by atoms with Gasteiger partial charge >= 0.3 is 0 Å². The molecule has 0 aliphatic rings. The van der Waals surface area contributed by atoms with Crippen LogP contribution in [0, 0.1) is 0 Å². The number of para-hydroxylation sites is 1. The fraction of sp³-hybridized carbons (Fsp3) is 0.235. The van der Waals surface area contributed by atoms with Crippen LogP contribution in [-0.2, 0) is 0 Å². The third-order valence-corrected chi connectivity index (χ3v) is 4.26. The summed E-state index contributed by atoms with van der Waals surface area (Å²) < 4.78 is 2.18. The van der Waals surface area contributed by atoms with Gasteiger partial charge in [0.05, 0.1) is 0 Å². The van der Waals surface area contributed by atoms with Crippen LogP contribution in [0.15, 0.2) is 42.6 Å². The average Bonchev–Trinajstić information content (AvgIpc) is 3.02. The second kappa shape index (κ2) is 4.10. The lowest BCUT2D eigenvalue weighted by Crippen LogP contribution is -1.96. The molecular formula is C17H17N3. The Kier molecular flexibility index (Phi) is 2.36. The van der Waals surface area contributed by atoms with Crippen molar-refractivity contribution in [3.63, 3.8) is 0 Å². The summed E-state index contributed by atoms with van der Waals surface area (Å²) in [6.07, 6.45) is 3.22. The Morgan fingerprint density at radius 2 is 2.05 bits per heavy atom. The van der Waals surface area contributed by atoms with Crippen LogP contribution in [0.25, 0.3) is 27.7 Å². The number of benzene rings is 1. The number of aromatic nitrogens is 3. The van der Waals surface area contributed by atoms with Crippen LogP contribution in [0.5, 0.6) is 0 Å². The number of imidazole rings is 1. The van der Waals surface area contributed by atoms with E-state index in [1.807, 2.05) is 0 Å². The molecule has 20 heavy (non-hydrogen) atoms. The summed E-state index contributed by atoms with van der Waals surface area (Å²) >= 11 is 0. The third-order valence-electron chi connectivity index (χ3n) is 4.26. The van der Waals surface area contributed by atoms with Crippen molar-refractivity contribution in [1.82, 2.24) is 14.4 Å². The fourth-order valence-corrected chi connectivity index (χ4v) is 2.93. The molecule has 0 amide bonds. The van der Waals surface area contributed by atoms with E-state index in [0.29, 0.717) is 5.92 Å². The van der Waals surface area contributed by atoms with Crippen molar-refractivity contribution in [2.75, 3.05) is 0 Å². The number of H-pyrrole nitrogens is 1. The molecule has 1 unspecified atom stereocenters. The highest BCUT2D eigenvalue weighted by Crippen LogP contribution is 2.29. The van der Waals surface area contributed by atoms with Crippen molar-refractivity contribution in [1.29, 1.82) is 0 Å². The molecule has 0 fully saturated rings. The summed E-state index contributed by atoms with van der Waals surface area (Å²) in [5, 5.41) is 1.20. The number of fused-ring (bicyclic) bond motifs is 5. The van der Waals surface area contributed by atoms with Crippen LogP contribution in [0.2, 0.25) is 0 Å². The molecule has 3 aromatic heterocycles. The van der Waals surface area contributed by atoms with E-state index in [4.69, 9.17) is 4.98 Å². The zero-order valence-corrected chi connectivity index (χ0v) is 11.7. The smallest absolute Gasteiger partial charge is 0.143 e. The Hall–Kier alpha value is -2.29. The van der Waals surface area contributed by atoms with Gasteiger partial charge in [-0.3, -0.25) is 4.40 Å². The number of hydrogen-bond acceptors (Lipinski definition) is 1. The fourth-order valence-electron chi connectivity index (χ4n) is 2.93. The van der Waals surface area contributed by atoms with Crippen molar-refractivity contribution in [2.24, 2.45) is 0 Å². The third kappa shape index (κ3) is 1.43. The Bertz CT molecular complexity index is 914. The molecule has 0 bridgehead atoms. The van der Waals surface area contributed by atoms with Gasteiger partial charge in [0.2, 0.25) is 0 Å². The van der Waals surface area contributed by atoms with E-state index in [-0.39, 0.29) is 0 Å². The van der Waals surface area contributed by atoms with Crippen LogP contribution >= 0.6 is 0 Å². The average molecular weight is 263 g/mol. The van der Waals surface area contributed by atoms with E-state index in [0.717, 1.165) is 28.7 Å². The quantitative estimate of drug-likeness (QED) is 0.568. The first kappa shape index (κ1) is 11.5. The molecule has 3 heterocycles. The summed E-state index contributed by atoms with van der Waals surface area (Å²) in [4.78, 5) is 8.39. The molecule has 1 N–H and O–H groups in total. The largest absolute Gasteiger partial charge is 0.339 e. The number of aromatic amines is 1. The highest BCUT2D eigenvalue weighted by Gasteiger charge is 2.15. The molecule has 4 aromatic rings. The van der Waals surface area contributed by atoms with E-state index in [2.05, 4.69) is 65.8 Å². The lowest BCUT2D eigenvalue weighted by molar-refractivity contribution is 0.734. The Morgan fingerprint density at radius 1 is 1.20 bits per heavy atom. The van der Waals surface area contributed by atoms with Gasteiger partial charge in [0.1, 0.15) is 16.8 Å². The van der Waals surface area contributed by atoms with Crippen molar-refractivity contribution in [2.45, 2.75) is 26.2 Å².